The summed E-state index contributed by atoms with van der Waals surface area (Å²) in [5.74, 6) is -1.44. The second-order valence-corrected chi connectivity index (χ2v) is 14.0. The number of sulfone groups is 1. The summed E-state index contributed by atoms with van der Waals surface area (Å²) in [6, 6.07) is 14.1. The van der Waals surface area contributed by atoms with E-state index < -0.39 is 45.0 Å². The predicted octanol–water partition coefficient (Wildman–Crippen LogP) is 2.93. The van der Waals surface area contributed by atoms with E-state index in [2.05, 4.69) is 32.6 Å². The zero-order chi connectivity index (χ0) is 32.4. The second kappa shape index (κ2) is 13.0. The zero-order valence-corrected chi connectivity index (χ0v) is 27.5. The first-order valence-corrected chi connectivity index (χ1v) is 16.6. The number of anilines is 2. The van der Waals surface area contributed by atoms with Crippen molar-refractivity contribution in [1.82, 2.24) is 10.6 Å². The van der Waals surface area contributed by atoms with Crippen LogP contribution in [0.3, 0.4) is 0 Å². The molecule has 1 aliphatic rings. The average molecular weight is 685 g/mol. The van der Waals surface area contributed by atoms with Gasteiger partial charge in [0, 0.05) is 22.8 Å². The minimum absolute atomic E-state index is 0.0185. The monoisotopic (exact) mass is 683 g/mol. The molecule has 0 radical (unpaired) electrons. The highest BCUT2D eigenvalue weighted by Crippen LogP contribution is 2.40. The van der Waals surface area contributed by atoms with E-state index in [0.717, 1.165) is 27.8 Å². The highest BCUT2D eigenvalue weighted by molar-refractivity contribution is 9.10. The minimum Gasteiger partial charge on any atom is -0.496 e. The van der Waals surface area contributed by atoms with Gasteiger partial charge >= 0.3 is 0 Å². The number of hydrogen-bond donors (Lipinski definition) is 2. The smallest absolute Gasteiger partial charge is 0.246 e. The molecule has 44 heavy (non-hydrogen) atoms. The summed E-state index contributed by atoms with van der Waals surface area (Å²) in [6.07, 6.45) is 1.68. The van der Waals surface area contributed by atoms with Crippen molar-refractivity contribution in [3.63, 3.8) is 0 Å². The van der Waals surface area contributed by atoms with Crippen molar-refractivity contribution >= 4 is 66.0 Å². The molecule has 2 amide bonds. The summed E-state index contributed by atoms with van der Waals surface area (Å²) in [6.45, 7) is 3.34. The van der Waals surface area contributed by atoms with Gasteiger partial charge in [-0.1, -0.05) is 28.1 Å². The molecule has 11 nitrogen and oxygen atoms in total. The predicted molar refractivity (Wildman–Crippen MR) is 173 cm³/mol. The van der Waals surface area contributed by atoms with E-state index in [1.807, 2.05) is 30.3 Å². The molecule has 0 fully saturated rings. The highest BCUT2D eigenvalue weighted by Gasteiger charge is 2.43. The molecule has 3 aromatic carbocycles. The van der Waals surface area contributed by atoms with Crippen LogP contribution in [0.1, 0.15) is 25.0 Å². The highest BCUT2D eigenvalue weighted by atomic mass is 79.9. The molecule has 4 rings (SSSR count). The number of rotatable bonds is 10. The van der Waals surface area contributed by atoms with Crippen LogP contribution in [0.25, 0.3) is 10.8 Å². The van der Waals surface area contributed by atoms with Gasteiger partial charge in [0.15, 0.2) is 9.84 Å². The van der Waals surface area contributed by atoms with E-state index in [0.29, 0.717) is 17.0 Å². The number of carbonyl (C=O) groups is 3. The Labute approximate surface area is 265 Å². The second-order valence-electron chi connectivity index (χ2n) is 11.0. The van der Waals surface area contributed by atoms with Gasteiger partial charge in [0.05, 0.1) is 48.2 Å². The molecule has 3 aromatic rings. The Morgan fingerprint density at radius 1 is 1.18 bits per heavy atom. The molecule has 1 aliphatic heterocycles. The Bertz CT molecular complexity index is 1780. The van der Waals surface area contributed by atoms with Crippen LogP contribution >= 0.6 is 15.9 Å². The van der Waals surface area contributed by atoms with Crippen molar-refractivity contribution < 1.29 is 27.5 Å². The molecule has 2 N–H and O–H groups in total. The maximum absolute atomic E-state index is 14.6. The summed E-state index contributed by atoms with van der Waals surface area (Å²) in [5, 5.41) is 17.6. The SMILES string of the molecule is CNC(C)(C=O)CNC1C(=O)N(Cc2c(OC)ccc3c(Br)cccc23)c2ccc(C#N)cc2N(C(=O)CS(C)(=O)=O)C1C. The molecule has 0 aliphatic carbocycles. The molecule has 1 heterocycles. The lowest BCUT2D eigenvalue weighted by Gasteiger charge is -2.34. The Balaban J connectivity index is 1.97. The maximum Gasteiger partial charge on any atom is 0.246 e. The Kier molecular flexibility index (Phi) is 9.80. The van der Waals surface area contributed by atoms with Gasteiger partial charge in [-0.25, -0.2) is 8.42 Å². The van der Waals surface area contributed by atoms with E-state index >= 15 is 0 Å². The summed E-state index contributed by atoms with van der Waals surface area (Å²) >= 11 is 3.60. The van der Waals surface area contributed by atoms with E-state index in [-0.39, 0.29) is 24.3 Å². The van der Waals surface area contributed by atoms with Gasteiger partial charge in [-0.3, -0.25) is 9.59 Å². The molecule has 3 atom stereocenters. The standard InChI is InChI=1S/C31H34BrN5O6S/c1-19-29(35-17-31(2,18-38)34-3)30(40)36(15-23-21-7-6-8-24(32)22(21)10-12-27(23)43-4)25-11-9-20(14-33)13-26(25)37(19)28(39)16-44(5,41)42/h6-13,18-19,29,34-35H,15-17H2,1-5H3. The third kappa shape index (κ3) is 6.63. The van der Waals surface area contributed by atoms with Gasteiger partial charge in [0.2, 0.25) is 11.8 Å². The van der Waals surface area contributed by atoms with Crippen LogP contribution in [0.5, 0.6) is 5.75 Å². The first-order valence-electron chi connectivity index (χ1n) is 13.8. The molecule has 3 unspecified atom stereocenters. The minimum atomic E-state index is -3.75. The van der Waals surface area contributed by atoms with Gasteiger partial charge in [-0.2, -0.15) is 5.26 Å². The number of carbonyl (C=O) groups excluding carboxylic acids is 3. The van der Waals surface area contributed by atoms with Crippen molar-refractivity contribution in [3.8, 4) is 11.8 Å². The number of aldehydes is 1. The summed E-state index contributed by atoms with van der Waals surface area (Å²) in [5.41, 5.74) is 0.417. The topological polar surface area (TPSA) is 149 Å². The Morgan fingerprint density at radius 3 is 2.52 bits per heavy atom. The maximum atomic E-state index is 14.6. The van der Waals surface area contributed by atoms with Crippen LogP contribution in [0.4, 0.5) is 11.4 Å². The molecule has 0 saturated carbocycles. The van der Waals surface area contributed by atoms with Gasteiger partial charge < -0.3 is 30.0 Å². The van der Waals surface area contributed by atoms with E-state index in [1.165, 1.54) is 29.0 Å². The van der Waals surface area contributed by atoms with Gasteiger partial charge in [0.25, 0.3) is 0 Å². The van der Waals surface area contributed by atoms with Gasteiger partial charge in [-0.05, 0) is 68.1 Å². The lowest BCUT2D eigenvalue weighted by atomic mass is 10.0. The van der Waals surface area contributed by atoms with Crippen molar-refractivity contribution in [2.45, 2.75) is 38.0 Å². The molecular weight excluding hydrogens is 650 g/mol. The van der Waals surface area contributed by atoms with Crippen LogP contribution in [0.15, 0.2) is 53.0 Å². The van der Waals surface area contributed by atoms with Crippen molar-refractivity contribution in [2.75, 3.05) is 42.5 Å². The molecule has 0 bridgehead atoms. The fraction of sp³-hybridized carbons (Fsp3) is 0.355. The molecule has 0 saturated heterocycles. The molecular formula is C31H34BrN5O6S. The molecule has 0 spiro atoms. The van der Waals surface area contributed by atoms with Crippen LogP contribution in [-0.2, 0) is 30.8 Å². The first-order chi connectivity index (χ1) is 20.8. The average Bonchev–Trinajstić information content (AvgIpc) is 3.06. The fourth-order valence-corrected chi connectivity index (χ4v) is 6.42. The fourth-order valence-electron chi connectivity index (χ4n) is 5.34. The number of halogens is 1. The van der Waals surface area contributed by atoms with E-state index in [1.54, 1.807) is 27.0 Å². The number of nitrogens with one attached hydrogen (secondary N) is 2. The lowest BCUT2D eigenvalue weighted by molar-refractivity contribution is -0.122. The zero-order valence-electron chi connectivity index (χ0n) is 25.0. The third-order valence-corrected chi connectivity index (χ3v) is 9.33. The number of ether oxygens (including phenoxy) is 1. The number of hydrogen-bond acceptors (Lipinski definition) is 9. The third-order valence-electron chi connectivity index (χ3n) is 7.86. The summed E-state index contributed by atoms with van der Waals surface area (Å²) in [7, 11) is -0.597. The van der Waals surface area contributed by atoms with Crippen LogP contribution in [0.2, 0.25) is 0 Å². The van der Waals surface area contributed by atoms with Crippen LogP contribution in [-0.4, -0.2) is 76.9 Å². The Morgan fingerprint density at radius 2 is 1.91 bits per heavy atom. The van der Waals surface area contributed by atoms with Crippen molar-refractivity contribution in [3.05, 3.63) is 64.1 Å². The number of amides is 2. The quantitative estimate of drug-likeness (QED) is 0.308. The molecule has 0 aromatic heterocycles. The number of nitrogens with zero attached hydrogens (tertiary/aromatic N) is 3. The van der Waals surface area contributed by atoms with Crippen LogP contribution < -0.4 is 25.2 Å². The number of benzene rings is 3. The van der Waals surface area contributed by atoms with Crippen molar-refractivity contribution in [1.29, 1.82) is 5.26 Å². The number of fused-ring (bicyclic) bond motifs is 2. The number of likely N-dealkylation sites (N-methyl/N-ethyl adjacent to an activating group) is 1. The number of nitriles is 1. The van der Waals surface area contributed by atoms with E-state index in [4.69, 9.17) is 4.74 Å². The molecule has 232 valence electrons. The van der Waals surface area contributed by atoms with E-state index in [9.17, 15) is 28.1 Å². The lowest BCUT2D eigenvalue weighted by Crippen LogP contribution is -2.61. The first kappa shape index (κ1) is 33.1. The van der Waals surface area contributed by atoms with Gasteiger partial charge in [0.1, 0.15) is 23.8 Å². The number of methoxy groups -OCH3 is 1. The largest absolute Gasteiger partial charge is 0.496 e. The Hall–Kier alpha value is -3.83. The van der Waals surface area contributed by atoms with Crippen LogP contribution in [0, 0.1) is 11.3 Å². The van der Waals surface area contributed by atoms with Gasteiger partial charge in [-0.15, -0.1) is 0 Å². The van der Waals surface area contributed by atoms with Crippen molar-refractivity contribution in [2.24, 2.45) is 0 Å². The summed E-state index contributed by atoms with van der Waals surface area (Å²) < 4.78 is 31.1. The normalized spacial score (nSPS) is 18.2. The molecule has 13 heteroatoms. The summed E-state index contributed by atoms with van der Waals surface area (Å²) in [4.78, 5) is 43.0.